The van der Waals surface area contributed by atoms with E-state index in [-0.39, 0.29) is 12.7 Å². The predicted molar refractivity (Wildman–Crippen MR) is 90.1 cm³/mol. The van der Waals surface area contributed by atoms with Crippen LogP contribution in [0.2, 0.25) is 5.02 Å². The van der Waals surface area contributed by atoms with Crippen LogP contribution < -0.4 is 19.5 Å². The fraction of sp³-hybridized carbons (Fsp3) is 0.278. The molecule has 1 heterocycles. The fourth-order valence-electron chi connectivity index (χ4n) is 2.99. The van der Waals surface area contributed by atoms with E-state index in [0.717, 1.165) is 18.4 Å². The van der Waals surface area contributed by atoms with Crippen molar-refractivity contribution in [1.82, 2.24) is 0 Å². The molecule has 0 saturated heterocycles. The lowest BCUT2D eigenvalue weighted by Gasteiger charge is -2.18. The summed E-state index contributed by atoms with van der Waals surface area (Å²) in [4.78, 5) is 12.9. The van der Waals surface area contributed by atoms with Crippen LogP contribution in [0.25, 0.3) is 0 Å². The van der Waals surface area contributed by atoms with Gasteiger partial charge in [-0.15, -0.1) is 0 Å². The number of carbonyl (C=O) groups excluding carboxylic acids is 1. The molecule has 2 aliphatic rings. The van der Waals surface area contributed by atoms with E-state index in [1.165, 1.54) is 0 Å². The second kappa shape index (κ2) is 5.60. The number of anilines is 1. The molecule has 2 aromatic carbocycles. The lowest BCUT2D eigenvalue weighted by molar-refractivity contribution is -0.118. The Balaban J connectivity index is 1.61. The minimum Gasteiger partial charge on any atom is -0.495 e. The van der Waals surface area contributed by atoms with Crippen molar-refractivity contribution in [3.63, 3.8) is 0 Å². The van der Waals surface area contributed by atoms with E-state index in [4.69, 9.17) is 25.8 Å². The van der Waals surface area contributed by atoms with Crippen LogP contribution in [-0.2, 0) is 10.2 Å². The van der Waals surface area contributed by atoms with Crippen molar-refractivity contribution < 1.29 is 19.0 Å². The van der Waals surface area contributed by atoms with Crippen LogP contribution in [0.1, 0.15) is 18.4 Å². The van der Waals surface area contributed by atoms with Gasteiger partial charge in [-0.05, 0) is 48.7 Å². The molecule has 4 rings (SSSR count). The van der Waals surface area contributed by atoms with Gasteiger partial charge in [-0.2, -0.15) is 0 Å². The number of methoxy groups -OCH3 is 1. The van der Waals surface area contributed by atoms with Crippen LogP contribution in [-0.4, -0.2) is 19.8 Å². The summed E-state index contributed by atoms with van der Waals surface area (Å²) >= 11 is 6.03. The highest BCUT2D eigenvalue weighted by Gasteiger charge is 2.51. The van der Waals surface area contributed by atoms with Gasteiger partial charge in [-0.3, -0.25) is 4.79 Å². The van der Waals surface area contributed by atoms with Gasteiger partial charge in [0, 0.05) is 5.02 Å². The Bertz CT molecular complexity index is 817. The maximum Gasteiger partial charge on any atom is 0.235 e. The number of hydrogen-bond donors (Lipinski definition) is 1. The Morgan fingerprint density at radius 1 is 1.17 bits per heavy atom. The molecule has 1 N–H and O–H groups in total. The first-order valence-corrected chi connectivity index (χ1v) is 8.05. The zero-order valence-electron chi connectivity index (χ0n) is 13.1. The van der Waals surface area contributed by atoms with E-state index in [9.17, 15) is 4.79 Å². The summed E-state index contributed by atoms with van der Waals surface area (Å²) in [5.74, 6) is 1.91. The predicted octanol–water partition coefficient (Wildman–Crippen LogP) is 3.75. The van der Waals surface area contributed by atoms with Crippen LogP contribution >= 0.6 is 11.6 Å². The summed E-state index contributed by atoms with van der Waals surface area (Å²) < 4.78 is 16.0. The Morgan fingerprint density at radius 3 is 2.71 bits per heavy atom. The summed E-state index contributed by atoms with van der Waals surface area (Å²) in [6, 6.07) is 10.8. The van der Waals surface area contributed by atoms with Gasteiger partial charge >= 0.3 is 0 Å². The van der Waals surface area contributed by atoms with Gasteiger partial charge in [0.1, 0.15) is 5.75 Å². The quantitative estimate of drug-likeness (QED) is 0.917. The van der Waals surface area contributed by atoms with Gasteiger partial charge in [0.25, 0.3) is 0 Å². The molecule has 1 fully saturated rings. The molecule has 24 heavy (non-hydrogen) atoms. The van der Waals surface area contributed by atoms with Gasteiger partial charge in [0.05, 0.1) is 18.2 Å². The molecule has 1 aliphatic heterocycles. The number of hydrogen-bond acceptors (Lipinski definition) is 4. The molecule has 124 valence electrons. The Morgan fingerprint density at radius 2 is 1.96 bits per heavy atom. The third-order valence-corrected chi connectivity index (χ3v) is 4.75. The normalized spacial score (nSPS) is 16.6. The Hall–Kier alpha value is -2.40. The van der Waals surface area contributed by atoms with Crippen molar-refractivity contribution in [2.45, 2.75) is 18.3 Å². The van der Waals surface area contributed by atoms with Gasteiger partial charge in [0.15, 0.2) is 11.5 Å². The molecule has 6 heteroatoms. The van der Waals surface area contributed by atoms with Gasteiger partial charge < -0.3 is 19.5 Å². The van der Waals surface area contributed by atoms with Crippen LogP contribution in [0, 0.1) is 0 Å². The molecule has 1 aliphatic carbocycles. The Labute approximate surface area is 144 Å². The summed E-state index contributed by atoms with van der Waals surface area (Å²) in [5.41, 5.74) is 0.973. The smallest absolute Gasteiger partial charge is 0.235 e. The van der Waals surface area contributed by atoms with Crippen LogP contribution in [0.4, 0.5) is 5.69 Å². The number of nitrogens with one attached hydrogen (secondary N) is 1. The maximum atomic E-state index is 12.9. The number of halogens is 1. The number of benzene rings is 2. The molecular formula is C18H16ClNO4. The van der Waals surface area contributed by atoms with Crippen LogP contribution in [0.15, 0.2) is 36.4 Å². The lowest BCUT2D eigenvalue weighted by Crippen LogP contribution is -2.28. The molecule has 0 bridgehead atoms. The number of amides is 1. The van der Waals surface area contributed by atoms with E-state index < -0.39 is 5.41 Å². The molecule has 1 saturated carbocycles. The van der Waals surface area contributed by atoms with E-state index in [0.29, 0.717) is 28.0 Å². The van der Waals surface area contributed by atoms with Crippen LogP contribution in [0.3, 0.4) is 0 Å². The zero-order valence-corrected chi connectivity index (χ0v) is 13.9. The van der Waals surface area contributed by atoms with E-state index >= 15 is 0 Å². The van der Waals surface area contributed by atoms with Gasteiger partial charge in [-0.1, -0.05) is 17.7 Å². The van der Waals surface area contributed by atoms with Gasteiger partial charge in [-0.25, -0.2) is 0 Å². The summed E-state index contributed by atoms with van der Waals surface area (Å²) in [5, 5.41) is 3.49. The number of ether oxygens (including phenoxy) is 3. The highest BCUT2D eigenvalue weighted by Crippen LogP contribution is 2.51. The first-order valence-electron chi connectivity index (χ1n) is 7.67. The molecule has 2 aromatic rings. The second-order valence-electron chi connectivity index (χ2n) is 5.95. The first kappa shape index (κ1) is 15.1. The number of carbonyl (C=O) groups is 1. The molecular weight excluding hydrogens is 330 g/mol. The van der Waals surface area contributed by atoms with Crippen molar-refractivity contribution in [1.29, 1.82) is 0 Å². The number of rotatable bonds is 4. The lowest BCUT2D eigenvalue weighted by atomic mass is 9.94. The zero-order chi connectivity index (χ0) is 16.7. The number of fused-ring (bicyclic) bond motifs is 1. The third-order valence-electron chi connectivity index (χ3n) is 4.52. The van der Waals surface area contributed by atoms with Gasteiger partial charge in [0.2, 0.25) is 12.7 Å². The summed E-state index contributed by atoms with van der Waals surface area (Å²) in [6.45, 7) is 0.220. The van der Waals surface area contributed by atoms with Crippen molar-refractivity contribution in [2.75, 3.05) is 19.2 Å². The summed E-state index contributed by atoms with van der Waals surface area (Å²) in [7, 11) is 1.56. The highest BCUT2D eigenvalue weighted by atomic mass is 35.5. The maximum absolute atomic E-state index is 12.9. The minimum atomic E-state index is -0.533. The average molecular weight is 346 g/mol. The molecule has 0 unspecified atom stereocenters. The first-order chi connectivity index (χ1) is 11.6. The molecule has 0 radical (unpaired) electrons. The SMILES string of the molecule is COc1ccc(Cl)cc1NC(=O)C1(c2ccc3c(c2)OCO3)CC1. The minimum absolute atomic E-state index is 0.0677. The molecule has 5 nitrogen and oxygen atoms in total. The third kappa shape index (κ3) is 2.45. The monoisotopic (exact) mass is 345 g/mol. The molecule has 0 spiro atoms. The van der Waals surface area contributed by atoms with E-state index in [1.54, 1.807) is 25.3 Å². The van der Waals surface area contributed by atoms with Crippen molar-refractivity contribution >= 4 is 23.2 Å². The average Bonchev–Trinajstić information content (AvgIpc) is 3.26. The van der Waals surface area contributed by atoms with Crippen molar-refractivity contribution in [3.05, 3.63) is 47.0 Å². The Kier molecular flexibility index (Phi) is 3.53. The fourth-order valence-corrected chi connectivity index (χ4v) is 3.16. The van der Waals surface area contributed by atoms with Crippen LogP contribution in [0.5, 0.6) is 17.2 Å². The van der Waals surface area contributed by atoms with E-state index in [1.807, 2.05) is 18.2 Å². The molecule has 0 aromatic heterocycles. The van der Waals surface area contributed by atoms with Crippen molar-refractivity contribution in [3.8, 4) is 17.2 Å². The topological polar surface area (TPSA) is 56.8 Å². The molecule has 1 amide bonds. The largest absolute Gasteiger partial charge is 0.495 e. The second-order valence-corrected chi connectivity index (χ2v) is 6.39. The standard InChI is InChI=1S/C18H16ClNO4/c1-22-14-5-3-12(19)9-13(14)20-17(21)18(6-7-18)11-2-4-15-16(8-11)24-10-23-15/h2-5,8-9H,6-7,10H2,1H3,(H,20,21). The summed E-state index contributed by atoms with van der Waals surface area (Å²) in [6.07, 6.45) is 1.59. The highest BCUT2D eigenvalue weighted by molar-refractivity contribution is 6.31. The van der Waals surface area contributed by atoms with E-state index in [2.05, 4.69) is 5.32 Å². The molecule has 0 atom stereocenters. The van der Waals surface area contributed by atoms with Crippen molar-refractivity contribution in [2.24, 2.45) is 0 Å².